The number of benzene rings is 3. The predicted octanol–water partition coefficient (Wildman–Crippen LogP) is 11.2. The maximum atomic E-state index is 5.94. The molecule has 0 amide bonds. The van der Waals surface area contributed by atoms with Crippen LogP contribution < -0.4 is 19.4 Å². The van der Waals surface area contributed by atoms with Crippen molar-refractivity contribution in [3.8, 4) is 5.75 Å². The Hall–Kier alpha value is -2.07. The molecule has 0 aromatic heterocycles. The molecule has 1 fully saturated rings. The molecule has 0 saturated carbocycles. The Morgan fingerprint density at radius 1 is 0.696 bits per heavy atom. The van der Waals surface area contributed by atoms with Crippen LogP contribution >= 0.6 is 19.4 Å². The van der Waals surface area contributed by atoms with Crippen LogP contribution in [0.25, 0.3) is 0 Å². The third-order valence-electron chi connectivity index (χ3n) is 8.18. The van der Waals surface area contributed by atoms with E-state index in [0.717, 1.165) is 30.1 Å². The zero-order valence-corrected chi connectivity index (χ0v) is 33.3. The molecule has 1 saturated heterocycles. The number of rotatable bonds is 10. The first-order chi connectivity index (χ1) is 21.6. The fraction of sp³-hybridized carbons (Fsp3) is 0.487. The summed E-state index contributed by atoms with van der Waals surface area (Å²) in [6.45, 7) is 26.9. The van der Waals surface area contributed by atoms with Crippen molar-refractivity contribution < 1.29 is 18.3 Å². The van der Waals surface area contributed by atoms with Gasteiger partial charge in [-0.15, -0.1) is 0 Å². The topological polar surface area (TPSA) is 19.0 Å². The smallest absolute Gasteiger partial charge is 0.0156 e. The van der Waals surface area contributed by atoms with E-state index in [-0.39, 0.29) is 6.10 Å². The van der Waals surface area contributed by atoms with Gasteiger partial charge in [-0.2, -0.15) is 6.67 Å². The first kappa shape index (κ1) is 38.4. The Morgan fingerprint density at radius 2 is 1.11 bits per heavy atom. The van der Waals surface area contributed by atoms with Crippen LogP contribution in [0.3, 0.4) is 0 Å². The minimum atomic E-state index is -1.84. The summed E-state index contributed by atoms with van der Waals surface area (Å²) in [7, 11) is 15.9. The summed E-state index contributed by atoms with van der Waals surface area (Å²) in [6.07, 6.45) is 0.138. The van der Waals surface area contributed by atoms with Gasteiger partial charge in [0.2, 0.25) is 0 Å². The normalized spacial score (nSPS) is 13.6. The van der Waals surface area contributed by atoms with Crippen LogP contribution in [-0.2, 0) is 13.5 Å². The summed E-state index contributed by atoms with van der Waals surface area (Å²) < 4.78 is 7.65. The van der Waals surface area contributed by atoms with Crippen molar-refractivity contribution in [3.63, 3.8) is 0 Å². The second-order valence-corrected chi connectivity index (χ2v) is 19.5. The summed E-state index contributed by atoms with van der Waals surface area (Å²) in [4.78, 5) is 7.05. The zero-order chi connectivity index (χ0) is 34.3. The van der Waals surface area contributed by atoms with Gasteiger partial charge in [0.15, 0.2) is 0 Å². The molecule has 1 aliphatic heterocycles. The van der Waals surface area contributed by atoms with E-state index in [2.05, 4.69) is 108 Å². The molecule has 0 atom stereocenters. The van der Waals surface area contributed by atoms with Crippen LogP contribution in [0, 0.1) is 6.67 Å². The van der Waals surface area contributed by atoms with Gasteiger partial charge in [-0.3, -0.25) is 0 Å². The number of nitrogens with zero attached hydrogens (tertiary/aromatic N) is 3. The van der Waals surface area contributed by atoms with E-state index in [1.165, 1.54) is 33.6 Å². The van der Waals surface area contributed by atoms with Crippen LogP contribution in [0.2, 0.25) is 0 Å². The van der Waals surface area contributed by atoms with Gasteiger partial charge in [0, 0.05) is 24.5 Å². The molecule has 256 valence electrons. The van der Waals surface area contributed by atoms with Crippen LogP contribution in [0.4, 0.5) is 17.1 Å². The zero-order valence-electron chi connectivity index (χ0n) is 30.0. The Labute approximate surface area is 293 Å². The Bertz CT molecular complexity index is 1340. The molecule has 4 rings (SSSR count). The van der Waals surface area contributed by atoms with Crippen molar-refractivity contribution in [2.75, 3.05) is 41.9 Å². The number of hydrogen-bond acceptors (Lipinski definition) is 4. The second kappa shape index (κ2) is 17.4. The van der Waals surface area contributed by atoms with Crippen molar-refractivity contribution in [2.45, 2.75) is 99.0 Å². The first-order valence-electron chi connectivity index (χ1n) is 16.6. The molecule has 1 aliphatic rings. The molecule has 0 unspecified atom stereocenters. The number of hydrogen-bond donors (Lipinski definition) is 0. The molecule has 0 bridgehead atoms. The third-order valence-corrected chi connectivity index (χ3v) is 10.0. The fourth-order valence-electron chi connectivity index (χ4n) is 5.86. The summed E-state index contributed by atoms with van der Waals surface area (Å²) >= 11 is -1.84. The van der Waals surface area contributed by atoms with Gasteiger partial charge in [0.1, 0.15) is 0 Å². The molecule has 4 nitrogen and oxygen atoms in total. The van der Waals surface area contributed by atoms with E-state index in [1.807, 2.05) is 55.7 Å². The Kier molecular flexibility index (Phi) is 14.5. The van der Waals surface area contributed by atoms with Gasteiger partial charge in [-0.1, -0.05) is 91.8 Å². The summed E-state index contributed by atoms with van der Waals surface area (Å²) in [5.41, 5.74) is 10.8. The van der Waals surface area contributed by atoms with Gasteiger partial charge < -0.3 is 9.80 Å². The van der Waals surface area contributed by atoms with E-state index in [4.69, 9.17) is 24.1 Å². The molecular weight excluding hydrogens is 698 g/mol. The van der Waals surface area contributed by atoms with E-state index in [0.29, 0.717) is 23.7 Å². The largest absolute Gasteiger partial charge is 0.502 e. The van der Waals surface area contributed by atoms with Gasteiger partial charge in [-0.05, 0) is 45.9 Å². The molecule has 1 heterocycles. The molecule has 3 aromatic carbocycles. The molecular formula is C39H56Cl2N3ORu-. The third kappa shape index (κ3) is 9.97. The molecule has 46 heavy (non-hydrogen) atoms. The fourth-order valence-corrected chi connectivity index (χ4v) is 7.65. The molecule has 0 aliphatic carbocycles. The minimum Gasteiger partial charge on any atom is -0.502 e. The van der Waals surface area contributed by atoms with Crippen LogP contribution in [0.1, 0.15) is 121 Å². The van der Waals surface area contributed by atoms with Gasteiger partial charge in [0.25, 0.3) is 0 Å². The average Bonchev–Trinajstić information content (AvgIpc) is 3.46. The average molecular weight is 755 g/mol. The van der Waals surface area contributed by atoms with Gasteiger partial charge in [0.05, 0.1) is 0 Å². The molecule has 0 radical (unpaired) electrons. The number of ether oxygens (including phenoxy) is 1. The first-order valence-corrected chi connectivity index (χ1v) is 22.0. The predicted molar refractivity (Wildman–Crippen MR) is 202 cm³/mol. The molecule has 3 aromatic rings. The summed E-state index contributed by atoms with van der Waals surface area (Å²) in [5, 5.41) is 0. The summed E-state index contributed by atoms with van der Waals surface area (Å²) in [6, 6.07) is 19.7. The summed E-state index contributed by atoms with van der Waals surface area (Å²) in [5.74, 6) is 2.90. The van der Waals surface area contributed by atoms with Gasteiger partial charge >= 0.3 is 116 Å². The Morgan fingerprint density at radius 3 is 1.43 bits per heavy atom. The van der Waals surface area contributed by atoms with E-state index >= 15 is 0 Å². The van der Waals surface area contributed by atoms with Crippen LogP contribution in [0.5, 0.6) is 5.75 Å². The van der Waals surface area contributed by atoms with Crippen LogP contribution in [-0.4, -0.2) is 37.9 Å². The number of anilines is 3. The van der Waals surface area contributed by atoms with Crippen molar-refractivity contribution in [2.24, 2.45) is 0 Å². The standard InChI is InChI=1S/C27H39N2.C12H17NO.2ClH.Ru/c1-18(2)22-11-9-12-23(19(3)4)26(22)28-15-16-29(17-28)27-24(20(5)6)13-10-14-25(27)21(7)8;1-9(2)14-12-7-6-11(13(4)5)8-10(12)3;;;/h9-14,17-21H,15-16H2,1-8H3;3,6-9H,1-2,4-5H3;2*1H;/q-1;;;;+2/p-2. The molecule has 7 heteroatoms. The maximum absolute atomic E-state index is 5.94. The number of para-hydroxylation sites is 2. The van der Waals surface area contributed by atoms with E-state index in [1.54, 1.807) is 0 Å². The van der Waals surface area contributed by atoms with Gasteiger partial charge in [-0.25, -0.2) is 0 Å². The Balaban J connectivity index is 0.000000289. The van der Waals surface area contributed by atoms with Crippen molar-refractivity contribution in [3.05, 3.63) is 89.1 Å². The maximum Gasteiger partial charge on any atom is 0.0156 e. The SMILES string of the molecule is CC(C)Oc1ccc(N(C)C)cc1[CH]=[Ru]([Cl])[Cl].CC(C)c1cccc(C(C)C)c1N1[CH-]N(c2c(C(C)C)cccc2C(C)C)CC1. The number of halogens is 2. The van der Waals surface area contributed by atoms with E-state index in [9.17, 15) is 0 Å². The van der Waals surface area contributed by atoms with Crippen LogP contribution in [0.15, 0.2) is 54.6 Å². The van der Waals surface area contributed by atoms with Crippen molar-refractivity contribution >= 4 is 41.1 Å². The monoisotopic (exact) mass is 754 g/mol. The van der Waals surface area contributed by atoms with Crippen molar-refractivity contribution in [1.29, 1.82) is 0 Å². The molecule has 0 N–H and O–H groups in total. The second-order valence-electron chi connectivity index (χ2n) is 13.8. The molecule has 0 spiro atoms. The van der Waals surface area contributed by atoms with E-state index < -0.39 is 13.5 Å². The minimum absolute atomic E-state index is 0.138. The quantitative estimate of drug-likeness (QED) is 0.152. The van der Waals surface area contributed by atoms with Crippen molar-refractivity contribution in [1.82, 2.24) is 0 Å².